The maximum absolute atomic E-state index is 12.8. The van der Waals surface area contributed by atoms with Crippen molar-refractivity contribution in [2.24, 2.45) is 0 Å². The Kier molecular flexibility index (Phi) is 8.58. The van der Waals surface area contributed by atoms with E-state index in [9.17, 15) is 4.79 Å². The fourth-order valence-electron chi connectivity index (χ4n) is 3.57. The van der Waals surface area contributed by atoms with Crippen LogP contribution in [-0.4, -0.2) is 20.1 Å². The summed E-state index contributed by atoms with van der Waals surface area (Å²) in [4.78, 5) is 12.8. The molecule has 3 aromatic rings. The van der Waals surface area contributed by atoms with E-state index in [2.05, 4.69) is 17.6 Å². The number of hydrogen-bond acceptors (Lipinski definition) is 5. The first-order valence-electron chi connectivity index (χ1n) is 11.3. The van der Waals surface area contributed by atoms with Crippen LogP contribution in [0.1, 0.15) is 47.7 Å². The van der Waals surface area contributed by atoms with E-state index in [1.807, 2.05) is 60.7 Å². The zero-order valence-corrected chi connectivity index (χ0v) is 19.6. The molecule has 0 aliphatic heterocycles. The van der Waals surface area contributed by atoms with E-state index in [-0.39, 0.29) is 5.91 Å². The highest BCUT2D eigenvalue weighted by atomic mass is 16.5. The Bertz CT molecular complexity index is 1060. The Hall–Kier alpha value is -3.67. The third-order valence-electron chi connectivity index (χ3n) is 5.53. The molecular formula is C27H33N3O3. The van der Waals surface area contributed by atoms with Gasteiger partial charge in [0.05, 0.1) is 25.6 Å². The number of aryl methyl sites for hydroxylation is 1. The van der Waals surface area contributed by atoms with Crippen LogP contribution in [0.4, 0.5) is 17.1 Å². The van der Waals surface area contributed by atoms with Crippen LogP contribution in [-0.2, 0) is 13.0 Å². The second kappa shape index (κ2) is 11.8. The minimum absolute atomic E-state index is 0.174. The lowest BCUT2D eigenvalue weighted by Crippen LogP contribution is -2.13. The van der Waals surface area contributed by atoms with Crippen molar-refractivity contribution < 1.29 is 14.3 Å². The highest BCUT2D eigenvalue weighted by molar-refractivity contribution is 6.05. The summed E-state index contributed by atoms with van der Waals surface area (Å²) in [5, 5.41) is 6.31. The van der Waals surface area contributed by atoms with Gasteiger partial charge >= 0.3 is 0 Å². The Morgan fingerprint density at radius 3 is 2.30 bits per heavy atom. The number of methoxy groups -OCH3 is 2. The summed E-state index contributed by atoms with van der Waals surface area (Å²) in [6.45, 7) is 2.80. The van der Waals surface area contributed by atoms with Crippen molar-refractivity contribution in [3.63, 3.8) is 0 Å². The third-order valence-corrected chi connectivity index (χ3v) is 5.53. The van der Waals surface area contributed by atoms with Gasteiger partial charge in [0.15, 0.2) is 11.5 Å². The number of benzene rings is 3. The summed E-state index contributed by atoms with van der Waals surface area (Å²) in [6.07, 6.45) is 4.49. The lowest BCUT2D eigenvalue weighted by atomic mass is 10.1. The molecule has 0 aliphatic carbocycles. The molecule has 0 saturated carbocycles. The average Bonchev–Trinajstić information content (AvgIpc) is 2.84. The Balaban J connectivity index is 1.60. The number of amides is 1. The predicted octanol–water partition coefficient (Wildman–Crippen LogP) is 5.88. The van der Waals surface area contributed by atoms with Crippen LogP contribution in [0.3, 0.4) is 0 Å². The lowest BCUT2D eigenvalue weighted by molar-refractivity contribution is 0.102. The first-order valence-corrected chi connectivity index (χ1v) is 11.3. The number of hydrogen-bond donors (Lipinski definition) is 3. The largest absolute Gasteiger partial charge is 0.493 e. The van der Waals surface area contributed by atoms with Gasteiger partial charge in [0, 0.05) is 23.9 Å². The summed E-state index contributed by atoms with van der Waals surface area (Å²) in [5.41, 5.74) is 11.1. The van der Waals surface area contributed by atoms with Gasteiger partial charge in [-0.15, -0.1) is 0 Å². The SMILES string of the molecule is CCCCCc1ccc(N)c(NC(=O)c2ccc(CNc3ccc(OC)c(OC)c3)cc2)c1. The fraction of sp³-hybridized carbons (Fsp3) is 0.296. The summed E-state index contributed by atoms with van der Waals surface area (Å²) in [6, 6.07) is 19.1. The molecule has 6 heteroatoms. The zero-order chi connectivity index (χ0) is 23.6. The molecule has 0 spiro atoms. The first-order chi connectivity index (χ1) is 16.0. The van der Waals surface area contributed by atoms with Crippen LogP contribution in [0, 0.1) is 0 Å². The van der Waals surface area contributed by atoms with E-state index in [0.29, 0.717) is 35.0 Å². The minimum Gasteiger partial charge on any atom is -0.493 e. The second-order valence-electron chi connectivity index (χ2n) is 7.95. The van der Waals surface area contributed by atoms with Crippen LogP contribution in [0.15, 0.2) is 60.7 Å². The Morgan fingerprint density at radius 2 is 1.61 bits per heavy atom. The van der Waals surface area contributed by atoms with Gasteiger partial charge in [-0.2, -0.15) is 0 Å². The van der Waals surface area contributed by atoms with Crippen molar-refractivity contribution >= 4 is 23.0 Å². The van der Waals surface area contributed by atoms with Gasteiger partial charge < -0.3 is 25.8 Å². The number of nitrogen functional groups attached to an aromatic ring is 1. The molecule has 4 N–H and O–H groups in total. The zero-order valence-electron chi connectivity index (χ0n) is 19.6. The molecule has 0 atom stereocenters. The van der Waals surface area contributed by atoms with Crippen molar-refractivity contribution in [2.45, 2.75) is 39.2 Å². The average molecular weight is 448 g/mol. The normalized spacial score (nSPS) is 10.5. The molecule has 0 fully saturated rings. The number of rotatable bonds is 11. The molecule has 3 rings (SSSR count). The molecule has 0 radical (unpaired) electrons. The number of carbonyl (C=O) groups is 1. The smallest absolute Gasteiger partial charge is 0.255 e. The van der Waals surface area contributed by atoms with Crippen LogP contribution in [0.5, 0.6) is 11.5 Å². The van der Waals surface area contributed by atoms with Crippen molar-refractivity contribution in [1.29, 1.82) is 0 Å². The predicted molar refractivity (Wildman–Crippen MR) is 135 cm³/mol. The van der Waals surface area contributed by atoms with E-state index in [0.717, 1.165) is 24.1 Å². The molecule has 0 bridgehead atoms. The molecule has 0 aliphatic rings. The summed E-state index contributed by atoms with van der Waals surface area (Å²) < 4.78 is 10.6. The Morgan fingerprint density at radius 1 is 0.879 bits per heavy atom. The van der Waals surface area contributed by atoms with Crippen LogP contribution in [0.25, 0.3) is 0 Å². The van der Waals surface area contributed by atoms with Crippen LogP contribution in [0.2, 0.25) is 0 Å². The van der Waals surface area contributed by atoms with Gasteiger partial charge in [-0.1, -0.05) is 38.0 Å². The molecule has 0 saturated heterocycles. The highest BCUT2D eigenvalue weighted by Gasteiger charge is 2.10. The number of nitrogens with one attached hydrogen (secondary N) is 2. The van der Waals surface area contributed by atoms with Crippen LogP contribution >= 0.6 is 0 Å². The number of nitrogens with two attached hydrogens (primary N) is 1. The maximum Gasteiger partial charge on any atom is 0.255 e. The first kappa shape index (κ1) is 24.0. The molecule has 0 unspecified atom stereocenters. The van der Waals surface area contributed by atoms with Gasteiger partial charge in [0.1, 0.15) is 0 Å². The molecule has 6 nitrogen and oxygen atoms in total. The highest BCUT2D eigenvalue weighted by Crippen LogP contribution is 2.30. The molecular weight excluding hydrogens is 414 g/mol. The monoisotopic (exact) mass is 447 g/mol. The van der Waals surface area contributed by atoms with Crippen molar-refractivity contribution in [1.82, 2.24) is 0 Å². The number of anilines is 3. The Labute approximate surface area is 196 Å². The summed E-state index contributed by atoms with van der Waals surface area (Å²) in [5.74, 6) is 1.18. The van der Waals surface area contributed by atoms with E-state index in [1.165, 1.54) is 18.4 Å². The van der Waals surface area contributed by atoms with E-state index in [1.54, 1.807) is 14.2 Å². The molecule has 33 heavy (non-hydrogen) atoms. The second-order valence-corrected chi connectivity index (χ2v) is 7.95. The topological polar surface area (TPSA) is 85.6 Å². The van der Waals surface area contributed by atoms with Crippen molar-refractivity contribution in [3.8, 4) is 11.5 Å². The molecule has 0 heterocycles. The lowest BCUT2D eigenvalue weighted by Gasteiger charge is -2.12. The number of carbonyl (C=O) groups excluding carboxylic acids is 1. The van der Waals surface area contributed by atoms with Gasteiger partial charge in [-0.3, -0.25) is 4.79 Å². The van der Waals surface area contributed by atoms with Gasteiger partial charge in [0.25, 0.3) is 5.91 Å². The quantitative estimate of drug-likeness (QED) is 0.252. The third kappa shape index (κ3) is 6.65. The molecule has 3 aromatic carbocycles. The van der Waals surface area contributed by atoms with Crippen LogP contribution < -0.4 is 25.8 Å². The van der Waals surface area contributed by atoms with Crippen molar-refractivity contribution in [2.75, 3.05) is 30.6 Å². The maximum atomic E-state index is 12.8. The molecule has 0 aromatic heterocycles. The number of unbranched alkanes of at least 4 members (excludes halogenated alkanes) is 2. The summed E-state index contributed by atoms with van der Waals surface area (Å²) in [7, 11) is 3.23. The van der Waals surface area contributed by atoms with Gasteiger partial charge in [-0.25, -0.2) is 0 Å². The van der Waals surface area contributed by atoms with E-state index in [4.69, 9.17) is 15.2 Å². The standard InChI is InChI=1S/C27H33N3O3/c1-4-5-6-7-19-10-14-23(28)24(16-19)30-27(31)21-11-8-20(9-12-21)18-29-22-13-15-25(32-2)26(17-22)33-3/h8-17,29H,4-7,18,28H2,1-3H3,(H,30,31). The molecule has 1 amide bonds. The van der Waals surface area contributed by atoms with Crippen molar-refractivity contribution in [3.05, 3.63) is 77.4 Å². The van der Waals surface area contributed by atoms with Gasteiger partial charge in [0.2, 0.25) is 0 Å². The molecule has 174 valence electrons. The minimum atomic E-state index is -0.174. The van der Waals surface area contributed by atoms with E-state index < -0.39 is 0 Å². The van der Waals surface area contributed by atoms with E-state index >= 15 is 0 Å². The van der Waals surface area contributed by atoms with Gasteiger partial charge in [-0.05, 0) is 60.4 Å². The number of ether oxygens (including phenoxy) is 2. The fourth-order valence-corrected chi connectivity index (χ4v) is 3.57. The summed E-state index contributed by atoms with van der Waals surface area (Å²) >= 11 is 0.